The van der Waals surface area contributed by atoms with Crippen LogP contribution in [0.1, 0.15) is 37.8 Å². The number of rotatable bonds is 18. The largest absolute Gasteiger partial charge is 0.476 e. The van der Waals surface area contributed by atoms with Gasteiger partial charge in [-0.15, -0.1) is 0 Å². The van der Waals surface area contributed by atoms with Gasteiger partial charge >= 0.3 is 12.0 Å². The van der Waals surface area contributed by atoms with Crippen LogP contribution < -0.4 is 20.5 Å². The van der Waals surface area contributed by atoms with Crippen molar-refractivity contribution < 1.29 is 68.7 Å². The van der Waals surface area contributed by atoms with Gasteiger partial charge in [0.15, 0.2) is 11.2 Å². The Morgan fingerprint density at radius 2 is 1.40 bits per heavy atom. The fraction of sp³-hybridized carbons (Fsp3) is 0.375. The third-order valence-corrected chi connectivity index (χ3v) is 6.53. The van der Waals surface area contributed by atoms with Crippen LogP contribution >= 0.6 is 0 Å². The van der Waals surface area contributed by atoms with Gasteiger partial charge in [-0.05, 0) is 11.1 Å². The molecule has 2 aromatic carbocycles. The molecule has 1 radical (unpaired) electrons. The molecule has 289 valence electrons. The van der Waals surface area contributed by atoms with E-state index in [4.69, 9.17) is 25.2 Å². The van der Waals surface area contributed by atoms with Gasteiger partial charge in [0.1, 0.15) is 13.2 Å². The summed E-state index contributed by atoms with van der Waals surface area (Å²) >= 11 is 0. The zero-order chi connectivity index (χ0) is 38.5. The average Bonchev–Trinajstić information content (AvgIpc) is 3.53. The number of hydrogen-bond donors (Lipinski definition) is 3. The van der Waals surface area contributed by atoms with Crippen LogP contribution in [-0.4, -0.2) is 85.9 Å². The number of nitro groups is 2. The van der Waals surface area contributed by atoms with Crippen LogP contribution in [0.15, 0.2) is 54.9 Å². The maximum absolute atomic E-state index is 12.6. The molecular formula is C32H40IrN8O12. The van der Waals surface area contributed by atoms with Crippen molar-refractivity contribution in [2.75, 3.05) is 33.5 Å². The zero-order valence-electron chi connectivity index (χ0n) is 29.1. The number of fused-ring (bicyclic) bond motifs is 1. The van der Waals surface area contributed by atoms with Crippen LogP contribution in [-0.2, 0) is 63.5 Å². The molecule has 0 aliphatic heterocycles. The van der Waals surface area contributed by atoms with Gasteiger partial charge in [0.05, 0.1) is 49.5 Å². The summed E-state index contributed by atoms with van der Waals surface area (Å²) < 4.78 is 18.1. The van der Waals surface area contributed by atoms with Crippen molar-refractivity contribution in [3.8, 4) is 11.9 Å². The fourth-order valence-electron chi connectivity index (χ4n) is 4.14. The minimum absolute atomic E-state index is 0. The van der Waals surface area contributed by atoms with E-state index in [-0.39, 0.29) is 100 Å². The Hall–Kier alpha value is -5.63. The Morgan fingerprint density at radius 1 is 0.868 bits per heavy atom. The number of non-ortho nitro benzene ring substituents is 2. The van der Waals surface area contributed by atoms with Gasteiger partial charge in [-0.25, -0.2) is 9.87 Å². The number of nitrogens with zero attached hydrogens (tertiary/aromatic N) is 6. The van der Waals surface area contributed by atoms with Crippen molar-refractivity contribution in [1.82, 2.24) is 24.8 Å². The zero-order valence-corrected chi connectivity index (χ0v) is 31.5. The third kappa shape index (κ3) is 16.1. The molecule has 4 aromatic rings. The van der Waals surface area contributed by atoms with Crippen LogP contribution in [0.5, 0.6) is 11.9 Å². The molecule has 2 aromatic heterocycles. The van der Waals surface area contributed by atoms with Crippen molar-refractivity contribution in [3.63, 3.8) is 0 Å². The second-order valence-electron chi connectivity index (χ2n) is 10.1. The fourth-order valence-corrected chi connectivity index (χ4v) is 4.14. The topological polar surface area (TPSA) is 276 Å². The predicted molar refractivity (Wildman–Crippen MR) is 183 cm³/mol. The summed E-state index contributed by atoms with van der Waals surface area (Å²) in [5.41, 5.74) is 7.02. The first kappa shape index (κ1) is 45.4. The molecule has 53 heavy (non-hydrogen) atoms. The summed E-state index contributed by atoms with van der Waals surface area (Å²) in [4.78, 5) is 72.2. The first-order valence-electron chi connectivity index (χ1n) is 15.8. The van der Waals surface area contributed by atoms with Crippen molar-refractivity contribution >= 4 is 40.3 Å². The van der Waals surface area contributed by atoms with E-state index in [1.54, 1.807) is 24.3 Å². The summed E-state index contributed by atoms with van der Waals surface area (Å²) in [6.45, 7) is 3.98. The van der Waals surface area contributed by atoms with Gasteiger partial charge in [-0.2, -0.15) is 9.97 Å². The Kier molecular flexibility index (Phi) is 21.0. The molecular weight excluding hydrogens is 881 g/mol. The van der Waals surface area contributed by atoms with E-state index in [1.807, 2.05) is 13.8 Å². The molecule has 20 nitrogen and oxygen atoms in total. The molecule has 0 bridgehead atoms. The molecule has 4 rings (SSSR count). The molecule has 0 saturated heterocycles. The van der Waals surface area contributed by atoms with Gasteiger partial charge in [0.2, 0.25) is 17.7 Å². The molecule has 0 fully saturated rings. The third-order valence-electron chi connectivity index (χ3n) is 6.53. The van der Waals surface area contributed by atoms with Gasteiger partial charge < -0.3 is 29.8 Å². The van der Waals surface area contributed by atoms with E-state index in [2.05, 4.69) is 25.2 Å². The number of amides is 2. The molecule has 2 heterocycles. The van der Waals surface area contributed by atoms with E-state index >= 15 is 0 Å². The average molecular weight is 921 g/mol. The molecule has 0 saturated carbocycles. The molecule has 0 aliphatic carbocycles. The van der Waals surface area contributed by atoms with Crippen LogP contribution in [0.2, 0.25) is 0 Å². The number of ether oxygens (including phenoxy) is 3. The SMILES string of the molecule is CC.COO.NC(=O)CCC(=O)OCCNC(=O)Cn1cnc2c(OCCc3ccc([N+](=O)[O-])cc3)nc(OCCc3ccc([N+](=O)[O-])cc3)nc21.[Ir]. The number of nitrogens with two attached hydrogens (primary N) is 1. The number of nitro benzene ring substituents is 2. The van der Waals surface area contributed by atoms with Gasteiger partial charge in [-0.3, -0.25) is 39.9 Å². The summed E-state index contributed by atoms with van der Waals surface area (Å²) in [5.74, 6) is -1.58. The Bertz CT molecular complexity index is 1770. The monoisotopic (exact) mass is 921 g/mol. The molecule has 0 spiro atoms. The maximum Gasteiger partial charge on any atom is 0.321 e. The van der Waals surface area contributed by atoms with Crippen molar-refractivity contribution in [1.29, 1.82) is 0 Å². The van der Waals surface area contributed by atoms with Crippen LogP contribution in [0.4, 0.5) is 11.4 Å². The molecule has 4 N–H and O–H groups in total. The quantitative estimate of drug-likeness (QED) is 0.0426. The van der Waals surface area contributed by atoms with E-state index in [1.165, 1.54) is 42.3 Å². The summed E-state index contributed by atoms with van der Waals surface area (Å²) in [7, 11) is 1.18. The van der Waals surface area contributed by atoms with Crippen molar-refractivity contribution in [2.45, 2.75) is 46.1 Å². The first-order valence-corrected chi connectivity index (χ1v) is 15.8. The minimum Gasteiger partial charge on any atom is -0.476 e. The van der Waals surface area contributed by atoms with Gasteiger partial charge in [-0.1, -0.05) is 38.1 Å². The molecule has 21 heteroatoms. The van der Waals surface area contributed by atoms with Crippen LogP contribution in [0, 0.1) is 20.2 Å². The van der Waals surface area contributed by atoms with E-state index in [0.29, 0.717) is 12.8 Å². The number of esters is 1. The standard InChI is InChI=1S/C29H30N8O10.C2H6.CH4O2.Ir/c30-23(38)9-10-25(40)45-16-13-31-24(39)17-35-18-32-26-27(35)33-29(47-15-12-20-3-7-22(8-4-20)37(43)44)34-28(26)46-14-11-19-1-5-21(6-2-19)36(41)42;1-2;1-3-2;/h1-8,18H,9-17H2,(H2,30,38)(H,31,39);1-2H3;2H,1H3;. The van der Waals surface area contributed by atoms with Crippen LogP contribution in [0.25, 0.3) is 11.2 Å². The predicted octanol–water partition coefficient (Wildman–Crippen LogP) is 2.94. The second-order valence-corrected chi connectivity index (χ2v) is 10.1. The Morgan fingerprint density at radius 3 is 1.91 bits per heavy atom. The Balaban J connectivity index is 0.00000222. The van der Waals surface area contributed by atoms with E-state index < -0.39 is 27.6 Å². The van der Waals surface area contributed by atoms with Gasteiger partial charge in [0.25, 0.3) is 11.4 Å². The Labute approximate surface area is 316 Å². The molecule has 2 amide bonds. The van der Waals surface area contributed by atoms with Crippen molar-refractivity contribution in [3.05, 3.63) is 86.2 Å². The number of benzene rings is 2. The number of aromatic nitrogens is 4. The normalized spacial score (nSPS) is 9.96. The number of imidazole rings is 1. The summed E-state index contributed by atoms with van der Waals surface area (Å²) in [5, 5.41) is 31.5. The number of carbonyl (C=O) groups is 3. The summed E-state index contributed by atoms with van der Waals surface area (Å²) in [6.07, 6.45) is 1.89. The maximum atomic E-state index is 12.6. The molecule has 0 atom stereocenters. The molecule has 0 aliphatic rings. The van der Waals surface area contributed by atoms with Gasteiger partial charge in [0, 0.05) is 63.6 Å². The minimum atomic E-state index is -0.622. The summed E-state index contributed by atoms with van der Waals surface area (Å²) in [6, 6.07) is 12.0. The van der Waals surface area contributed by atoms with Crippen molar-refractivity contribution in [2.24, 2.45) is 5.73 Å². The van der Waals surface area contributed by atoms with E-state index in [0.717, 1.165) is 11.1 Å². The first-order chi connectivity index (χ1) is 25.0. The van der Waals surface area contributed by atoms with Crippen LogP contribution in [0.3, 0.4) is 0 Å². The smallest absolute Gasteiger partial charge is 0.321 e. The number of carbonyl (C=O) groups excluding carboxylic acids is 3. The number of hydrogen-bond acceptors (Lipinski definition) is 15. The number of primary amides is 1. The second kappa shape index (κ2) is 24.5. The van der Waals surface area contributed by atoms with E-state index in [9.17, 15) is 34.6 Å². The molecule has 0 unspecified atom stereocenters. The number of nitrogens with one attached hydrogen (secondary N) is 1.